The molecule has 37 heavy (non-hydrogen) atoms. The quantitative estimate of drug-likeness (QED) is 0.302. The first-order valence-corrected chi connectivity index (χ1v) is 12.1. The highest BCUT2D eigenvalue weighted by Crippen LogP contribution is 2.43. The molecule has 0 spiro atoms. The summed E-state index contributed by atoms with van der Waals surface area (Å²) in [6.45, 7) is 6.95. The summed E-state index contributed by atoms with van der Waals surface area (Å²) in [5.41, 5.74) is -0.398. The van der Waals surface area contributed by atoms with E-state index < -0.39 is 41.2 Å². The van der Waals surface area contributed by atoms with Gasteiger partial charge in [0, 0.05) is 48.1 Å². The minimum atomic E-state index is -1.69. The molecule has 0 aliphatic carbocycles. The molecule has 9 heteroatoms. The lowest BCUT2D eigenvalue weighted by atomic mass is 9.82. The van der Waals surface area contributed by atoms with Crippen LogP contribution in [0.15, 0.2) is 42.7 Å². The Labute approximate surface area is 213 Å². The topological polar surface area (TPSA) is 58.4 Å². The predicted molar refractivity (Wildman–Crippen MR) is 133 cm³/mol. The van der Waals surface area contributed by atoms with Crippen LogP contribution in [0.4, 0.5) is 17.6 Å². The SMILES string of the molecule is CCn1cc(-c2ccc3c(c2F)C[C@@H](C)N(CC(C)(C)F)[C@@H]3c2c(F)cc(/C=C/C(=O)O)cc2F)cn1. The van der Waals surface area contributed by atoms with Gasteiger partial charge in [-0.3, -0.25) is 9.58 Å². The second-order valence-corrected chi connectivity index (χ2v) is 10.00. The van der Waals surface area contributed by atoms with Crippen molar-refractivity contribution in [3.8, 4) is 11.1 Å². The summed E-state index contributed by atoms with van der Waals surface area (Å²) < 4.78 is 63.5. The van der Waals surface area contributed by atoms with Crippen LogP contribution >= 0.6 is 0 Å². The summed E-state index contributed by atoms with van der Waals surface area (Å²) in [5, 5.41) is 13.1. The summed E-state index contributed by atoms with van der Waals surface area (Å²) in [4.78, 5) is 12.5. The average Bonchev–Trinajstić information content (AvgIpc) is 3.28. The number of alkyl halides is 1. The van der Waals surface area contributed by atoms with Crippen LogP contribution in [0.5, 0.6) is 0 Å². The monoisotopic (exact) mass is 515 g/mol. The van der Waals surface area contributed by atoms with Crippen molar-refractivity contribution in [1.29, 1.82) is 0 Å². The fourth-order valence-corrected chi connectivity index (χ4v) is 4.98. The maximum Gasteiger partial charge on any atom is 0.328 e. The fraction of sp³-hybridized carbons (Fsp3) is 0.357. The molecule has 1 aromatic heterocycles. The summed E-state index contributed by atoms with van der Waals surface area (Å²) in [5.74, 6) is -3.60. The van der Waals surface area contributed by atoms with E-state index in [0.717, 1.165) is 24.3 Å². The number of benzene rings is 2. The van der Waals surface area contributed by atoms with Crippen molar-refractivity contribution in [3.05, 3.63) is 82.4 Å². The van der Waals surface area contributed by atoms with Crippen LogP contribution in [0.1, 0.15) is 56.0 Å². The molecule has 0 radical (unpaired) electrons. The summed E-state index contributed by atoms with van der Waals surface area (Å²) in [6, 6.07) is 3.74. The van der Waals surface area contributed by atoms with Gasteiger partial charge in [-0.15, -0.1) is 0 Å². The van der Waals surface area contributed by atoms with Gasteiger partial charge in [0.25, 0.3) is 0 Å². The van der Waals surface area contributed by atoms with Crippen LogP contribution in [0.2, 0.25) is 0 Å². The van der Waals surface area contributed by atoms with Crippen molar-refractivity contribution in [2.24, 2.45) is 0 Å². The lowest BCUT2D eigenvalue weighted by Gasteiger charge is -2.44. The molecule has 2 heterocycles. The molecule has 0 bridgehead atoms. The van der Waals surface area contributed by atoms with Gasteiger partial charge >= 0.3 is 5.97 Å². The zero-order valence-corrected chi connectivity index (χ0v) is 21.1. The molecule has 5 nitrogen and oxygen atoms in total. The van der Waals surface area contributed by atoms with Gasteiger partial charge < -0.3 is 5.11 Å². The number of fused-ring (bicyclic) bond motifs is 1. The Kier molecular flexibility index (Phi) is 7.28. The van der Waals surface area contributed by atoms with E-state index in [0.29, 0.717) is 28.8 Å². The molecular weight excluding hydrogens is 486 g/mol. The van der Waals surface area contributed by atoms with E-state index in [1.165, 1.54) is 13.8 Å². The second-order valence-electron chi connectivity index (χ2n) is 10.00. The van der Waals surface area contributed by atoms with Crippen LogP contribution in [0, 0.1) is 17.5 Å². The molecule has 0 unspecified atom stereocenters. The molecule has 0 saturated carbocycles. The van der Waals surface area contributed by atoms with Crippen LogP contribution in [-0.2, 0) is 17.8 Å². The number of rotatable bonds is 7. The van der Waals surface area contributed by atoms with E-state index in [1.54, 1.807) is 41.0 Å². The average molecular weight is 516 g/mol. The van der Waals surface area contributed by atoms with Gasteiger partial charge in [-0.05, 0) is 69.0 Å². The largest absolute Gasteiger partial charge is 0.478 e. The minimum Gasteiger partial charge on any atom is -0.478 e. The van der Waals surface area contributed by atoms with Gasteiger partial charge in [0.1, 0.15) is 23.1 Å². The summed E-state index contributed by atoms with van der Waals surface area (Å²) in [7, 11) is 0. The Morgan fingerprint density at radius 3 is 2.46 bits per heavy atom. The molecule has 2 atom stereocenters. The number of hydrogen-bond acceptors (Lipinski definition) is 3. The van der Waals surface area contributed by atoms with Gasteiger partial charge in [-0.25, -0.2) is 22.4 Å². The first kappa shape index (κ1) is 26.6. The Morgan fingerprint density at radius 1 is 1.22 bits per heavy atom. The molecule has 1 aliphatic heterocycles. The lowest BCUT2D eigenvalue weighted by Crippen LogP contribution is -2.48. The number of carboxylic acid groups (broad SMARTS) is 1. The Hall–Kier alpha value is -3.46. The number of aromatic nitrogens is 2. The third kappa shape index (κ3) is 5.46. The van der Waals surface area contributed by atoms with Crippen LogP contribution < -0.4 is 0 Å². The second kappa shape index (κ2) is 10.1. The maximum atomic E-state index is 15.9. The number of halogens is 4. The molecule has 1 N–H and O–H groups in total. The van der Waals surface area contributed by atoms with Gasteiger partial charge in [0.05, 0.1) is 12.2 Å². The zero-order chi connectivity index (χ0) is 27.1. The van der Waals surface area contributed by atoms with Crippen molar-refractivity contribution in [3.63, 3.8) is 0 Å². The van der Waals surface area contributed by atoms with Gasteiger partial charge in [-0.2, -0.15) is 5.10 Å². The highest BCUT2D eigenvalue weighted by Gasteiger charge is 2.40. The van der Waals surface area contributed by atoms with Crippen molar-refractivity contribution >= 4 is 12.0 Å². The number of aryl methyl sites for hydroxylation is 1. The molecule has 196 valence electrons. The van der Waals surface area contributed by atoms with Gasteiger partial charge in [-0.1, -0.05) is 12.1 Å². The first-order chi connectivity index (χ1) is 17.4. The Bertz CT molecular complexity index is 1340. The molecule has 0 fully saturated rings. The van der Waals surface area contributed by atoms with E-state index in [-0.39, 0.29) is 24.1 Å². The van der Waals surface area contributed by atoms with Crippen molar-refractivity contribution in [2.75, 3.05) is 6.54 Å². The standard InChI is InChI=1S/C28H29F4N3O2/c1-5-34-14-18(13-33-34)19-7-8-20-21(26(19)31)10-16(2)35(15-28(3,4)32)27(20)25-22(29)11-17(12-23(25)30)6-9-24(36)37/h6-9,11-14,16,27H,5,10,15H2,1-4H3,(H,36,37)/b9-6+/t16-,27+/m1/s1. The molecular formula is C28H29F4N3O2. The van der Waals surface area contributed by atoms with E-state index >= 15 is 13.2 Å². The third-order valence-corrected chi connectivity index (χ3v) is 6.59. The summed E-state index contributed by atoms with van der Waals surface area (Å²) in [6.07, 6.45) is 5.39. The number of carbonyl (C=O) groups is 1. The Morgan fingerprint density at radius 2 is 1.89 bits per heavy atom. The van der Waals surface area contributed by atoms with Crippen LogP contribution in [0.25, 0.3) is 17.2 Å². The smallest absolute Gasteiger partial charge is 0.328 e. The lowest BCUT2D eigenvalue weighted by molar-refractivity contribution is -0.131. The predicted octanol–water partition coefficient (Wildman–Crippen LogP) is 6.17. The maximum absolute atomic E-state index is 15.9. The van der Waals surface area contributed by atoms with Gasteiger partial charge in [0.2, 0.25) is 0 Å². The van der Waals surface area contributed by atoms with Crippen molar-refractivity contribution < 1.29 is 27.5 Å². The van der Waals surface area contributed by atoms with E-state index in [1.807, 2.05) is 6.92 Å². The third-order valence-electron chi connectivity index (χ3n) is 6.59. The Balaban J connectivity index is 1.89. The molecule has 0 amide bonds. The van der Waals surface area contributed by atoms with E-state index in [9.17, 15) is 9.18 Å². The number of hydrogen-bond donors (Lipinski definition) is 1. The van der Waals surface area contributed by atoms with Crippen LogP contribution in [-0.4, -0.2) is 44.0 Å². The number of nitrogens with zero attached hydrogens (tertiary/aromatic N) is 3. The minimum absolute atomic E-state index is 0.0251. The first-order valence-electron chi connectivity index (χ1n) is 12.1. The molecule has 1 aliphatic rings. The van der Waals surface area contributed by atoms with Gasteiger partial charge in [0.15, 0.2) is 0 Å². The molecule has 4 rings (SSSR count). The molecule has 0 saturated heterocycles. The van der Waals surface area contributed by atoms with E-state index in [2.05, 4.69) is 5.10 Å². The normalized spacial score (nSPS) is 18.4. The number of aliphatic carboxylic acids is 1. The number of carboxylic acids is 1. The molecule has 2 aromatic carbocycles. The summed E-state index contributed by atoms with van der Waals surface area (Å²) >= 11 is 0. The fourth-order valence-electron chi connectivity index (χ4n) is 4.98. The van der Waals surface area contributed by atoms with E-state index in [4.69, 9.17) is 5.11 Å². The molecule has 3 aromatic rings. The highest BCUT2D eigenvalue weighted by atomic mass is 19.1. The highest BCUT2D eigenvalue weighted by molar-refractivity contribution is 5.85. The van der Waals surface area contributed by atoms with Crippen molar-refractivity contribution in [1.82, 2.24) is 14.7 Å². The van der Waals surface area contributed by atoms with Crippen LogP contribution in [0.3, 0.4) is 0 Å². The van der Waals surface area contributed by atoms with Crippen molar-refractivity contribution in [2.45, 2.75) is 58.4 Å². The zero-order valence-electron chi connectivity index (χ0n) is 21.1.